The van der Waals surface area contributed by atoms with Crippen LogP contribution in [0.2, 0.25) is 5.02 Å². The molecule has 308 valence electrons. The van der Waals surface area contributed by atoms with Crippen LogP contribution in [-0.4, -0.2) is 113 Å². The molecule has 1 aliphatic carbocycles. The van der Waals surface area contributed by atoms with Crippen LogP contribution >= 0.6 is 11.6 Å². The van der Waals surface area contributed by atoms with E-state index in [9.17, 15) is 29.2 Å². The summed E-state index contributed by atoms with van der Waals surface area (Å²) in [6.07, 6.45) is 5.50. The fraction of sp³-hybridized carbons (Fsp3) is 0.488. The van der Waals surface area contributed by atoms with Crippen LogP contribution in [0, 0.1) is 28.1 Å². The van der Waals surface area contributed by atoms with E-state index in [-0.39, 0.29) is 42.3 Å². The number of halogens is 1. The summed E-state index contributed by atoms with van der Waals surface area (Å²) in [6, 6.07) is 11.2. The van der Waals surface area contributed by atoms with Gasteiger partial charge in [-0.3, -0.25) is 39.1 Å². The zero-order valence-corrected chi connectivity index (χ0v) is 34.4. The number of nitrogens with zero attached hydrogens (tertiary/aromatic N) is 7. The summed E-state index contributed by atoms with van der Waals surface area (Å²) in [5, 5.41) is 14.9. The van der Waals surface area contributed by atoms with Crippen molar-refractivity contribution in [2.45, 2.75) is 71.6 Å². The van der Waals surface area contributed by atoms with E-state index in [4.69, 9.17) is 16.3 Å². The minimum absolute atomic E-state index is 0.0852. The molecule has 15 nitrogen and oxygen atoms in total. The maximum atomic E-state index is 13.4. The zero-order chi connectivity index (χ0) is 41.8. The Morgan fingerprint density at radius 2 is 1.54 bits per heavy atom. The number of benzene rings is 2. The normalized spacial score (nSPS) is 24.3. The number of aromatic nitrogens is 2. The van der Waals surface area contributed by atoms with Crippen molar-refractivity contribution in [3.05, 3.63) is 76.3 Å². The number of carbonyl (C=O) groups is 5. The molecular formula is C43H48ClN9O6. The number of anilines is 2. The van der Waals surface area contributed by atoms with E-state index in [1.165, 1.54) is 0 Å². The Labute approximate surface area is 348 Å². The van der Waals surface area contributed by atoms with Crippen molar-refractivity contribution in [3.63, 3.8) is 0 Å². The number of piperazine rings is 1. The summed E-state index contributed by atoms with van der Waals surface area (Å²) in [7, 11) is 0. The third-order valence-corrected chi connectivity index (χ3v) is 13.2. The predicted octanol–water partition coefficient (Wildman–Crippen LogP) is 4.05. The van der Waals surface area contributed by atoms with Gasteiger partial charge in [-0.25, -0.2) is 9.97 Å². The number of rotatable bonds is 9. The lowest BCUT2D eigenvalue weighted by atomic mass is 9.49. The van der Waals surface area contributed by atoms with Crippen molar-refractivity contribution < 1.29 is 28.7 Å². The average Bonchev–Trinajstić information content (AvgIpc) is 3.47. The summed E-state index contributed by atoms with van der Waals surface area (Å²) < 4.78 is 6.35. The third kappa shape index (κ3) is 7.48. The molecule has 5 aliphatic rings. The van der Waals surface area contributed by atoms with Crippen molar-refractivity contribution in [2.75, 3.05) is 55.6 Å². The van der Waals surface area contributed by atoms with Crippen LogP contribution in [0.3, 0.4) is 0 Å². The molecule has 16 heteroatoms. The fourth-order valence-electron chi connectivity index (χ4n) is 9.98. The highest BCUT2D eigenvalue weighted by atomic mass is 35.5. The number of hydrogen-bond acceptors (Lipinski definition) is 12. The average molecular weight is 822 g/mol. The van der Waals surface area contributed by atoms with E-state index in [1.54, 1.807) is 42.7 Å². The van der Waals surface area contributed by atoms with Crippen molar-refractivity contribution in [2.24, 2.45) is 16.7 Å². The Bertz CT molecular complexity index is 2230. The molecule has 1 saturated carbocycles. The number of piperidine rings is 2. The Balaban J connectivity index is 0.789. The molecule has 2 N–H and O–H groups in total. The van der Waals surface area contributed by atoms with E-state index in [1.807, 2.05) is 6.07 Å². The van der Waals surface area contributed by atoms with Gasteiger partial charge < -0.3 is 19.9 Å². The maximum absolute atomic E-state index is 13.4. The molecular weight excluding hydrogens is 774 g/mol. The third-order valence-electron chi connectivity index (χ3n) is 12.9. The van der Waals surface area contributed by atoms with Crippen molar-refractivity contribution in [1.29, 1.82) is 5.26 Å². The Morgan fingerprint density at radius 3 is 2.19 bits per heavy atom. The molecule has 3 aromatic rings. The van der Waals surface area contributed by atoms with Gasteiger partial charge in [0.05, 0.1) is 39.8 Å². The Kier molecular flexibility index (Phi) is 10.6. The number of amides is 5. The molecule has 59 heavy (non-hydrogen) atoms. The number of carbonyl (C=O) groups excluding carboxylic acids is 5. The SMILES string of the molecule is CC1(C)C(NC(=O)c2ncc(N3CCC(CN4CCN(c5ccc6c(c5)C(=O)N(C5CCC(=O)NC5=O)C6=O)CC4)CC3)cn2)C(C)(C)C1Oc1ccc(C#N)c(Cl)c1. The largest absolute Gasteiger partial charge is 0.489 e. The molecule has 1 aromatic heterocycles. The van der Waals surface area contributed by atoms with Gasteiger partial charge in [-0.2, -0.15) is 5.26 Å². The Morgan fingerprint density at radius 1 is 0.881 bits per heavy atom. The summed E-state index contributed by atoms with van der Waals surface area (Å²) >= 11 is 6.24. The monoisotopic (exact) mass is 821 g/mol. The molecule has 4 aliphatic heterocycles. The number of fused-ring (bicyclic) bond motifs is 1. The Hall–Kier alpha value is -5.59. The topological polar surface area (TPSA) is 181 Å². The molecule has 3 saturated heterocycles. The zero-order valence-electron chi connectivity index (χ0n) is 33.7. The first-order valence-corrected chi connectivity index (χ1v) is 20.6. The molecule has 5 amide bonds. The van der Waals surface area contributed by atoms with Gasteiger partial charge in [-0.15, -0.1) is 0 Å². The highest BCUT2D eigenvalue weighted by Crippen LogP contribution is 2.55. The van der Waals surface area contributed by atoms with Crippen LogP contribution in [0.15, 0.2) is 48.8 Å². The van der Waals surface area contributed by atoms with E-state index >= 15 is 0 Å². The summed E-state index contributed by atoms with van der Waals surface area (Å²) in [6.45, 7) is 14.3. The summed E-state index contributed by atoms with van der Waals surface area (Å²) in [4.78, 5) is 80.8. The van der Waals surface area contributed by atoms with E-state index < -0.39 is 40.5 Å². The van der Waals surface area contributed by atoms with Crippen LogP contribution in [0.25, 0.3) is 0 Å². The molecule has 0 bridgehead atoms. The molecule has 1 atom stereocenters. The van der Waals surface area contributed by atoms with E-state index in [2.05, 4.69) is 69.1 Å². The van der Waals surface area contributed by atoms with Crippen molar-refractivity contribution in [1.82, 2.24) is 30.4 Å². The molecule has 2 aromatic carbocycles. The van der Waals surface area contributed by atoms with Gasteiger partial charge in [-0.1, -0.05) is 39.3 Å². The van der Waals surface area contributed by atoms with Crippen LogP contribution in [0.1, 0.15) is 90.3 Å². The molecule has 4 fully saturated rings. The van der Waals surface area contributed by atoms with Gasteiger partial charge in [0.15, 0.2) is 0 Å². The van der Waals surface area contributed by atoms with Crippen molar-refractivity contribution >= 4 is 52.5 Å². The van der Waals surface area contributed by atoms with Gasteiger partial charge in [-0.05, 0) is 55.5 Å². The number of imide groups is 2. The standard InChI is InChI=1S/C43H48ClN9O6/c1-42(2)40(43(3,4)41(42)59-29-7-5-26(21-45)32(44)20-29)49-37(56)35-46-22-28(23-47-35)51-13-11-25(12-14-51)24-50-15-17-52(18-16-50)27-6-8-30-31(19-27)39(58)53(38(30)57)33-9-10-34(54)48-36(33)55/h5-8,19-20,22-23,25,33,40-41H,9-18,24H2,1-4H3,(H,49,56)(H,48,54,55). The first kappa shape index (κ1) is 40.2. The minimum atomic E-state index is -0.981. The minimum Gasteiger partial charge on any atom is -0.489 e. The fourth-order valence-corrected chi connectivity index (χ4v) is 10.2. The molecule has 0 radical (unpaired) electrons. The van der Waals surface area contributed by atoms with Gasteiger partial charge in [0, 0.05) is 80.9 Å². The van der Waals surface area contributed by atoms with Crippen LogP contribution < -0.4 is 25.2 Å². The first-order valence-electron chi connectivity index (χ1n) is 20.2. The number of nitriles is 1. The van der Waals surface area contributed by atoms with Crippen LogP contribution in [-0.2, 0) is 9.59 Å². The molecule has 0 spiro atoms. The summed E-state index contributed by atoms with van der Waals surface area (Å²) in [5.74, 6) is -1.11. The predicted molar refractivity (Wildman–Crippen MR) is 218 cm³/mol. The summed E-state index contributed by atoms with van der Waals surface area (Å²) in [5.41, 5.74) is 1.91. The quantitative estimate of drug-likeness (QED) is 0.296. The smallest absolute Gasteiger partial charge is 0.289 e. The molecule has 1 unspecified atom stereocenters. The molecule has 5 heterocycles. The second kappa shape index (κ2) is 15.5. The van der Waals surface area contributed by atoms with E-state index in [0.717, 1.165) is 74.9 Å². The van der Waals surface area contributed by atoms with Crippen LogP contribution in [0.4, 0.5) is 11.4 Å². The second-order valence-corrected chi connectivity index (χ2v) is 17.9. The van der Waals surface area contributed by atoms with Gasteiger partial charge in [0.25, 0.3) is 17.7 Å². The van der Waals surface area contributed by atoms with Crippen molar-refractivity contribution in [3.8, 4) is 11.8 Å². The lowest BCUT2D eigenvalue weighted by molar-refractivity contribution is -0.164. The first-order chi connectivity index (χ1) is 28.1. The highest BCUT2D eigenvalue weighted by Gasteiger charge is 2.64. The van der Waals surface area contributed by atoms with Crippen LogP contribution in [0.5, 0.6) is 5.75 Å². The van der Waals surface area contributed by atoms with Gasteiger partial charge >= 0.3 is 0 Å². The second-order valence-electron chi connectivity index (χ2n) is 17.5. The molecule has 8 rings (SSSR count). The van der Waals surface area contributed by atoms with E-state index in [0.29, 0.717) is 27.8 Å². The lowest BCUT2D eigenvalue weighted by Crippen LogP contribution is -2.74. The number of nitrogens with one attached hydrogen (secondary N) is 2. The van der Waals surface area contributed by atoms with Gasteiger partial charge in [0.2, 0.25) is 17.6 Å². The number of ether oxygens (including phenoxy) is 1. The number of hydrogen-bond donors (Lipinski definition) is 2. The maximum Gasteiger partial charge on any atom is 0.289 e. The van der Waals surface area contributed by atoms with Gasteiger partial charge in [0.1, 0.15) is 24.0 Å². The highest BCUT2D eigenvalue weighted by molar-refractivity contribution is 6.31. The lowest BCUT2D eigenvalue weighted by Gasteiger charge is -2.63.